The number of nitrogens with zero attached hydrogens (tertiary/aromatic N) is 2. The van der Waals surface area contributed by atoms with Gasteiger partial charge in [-0.2, -0.15) is 0 Å². The molecule has 0 amide bonds. The van der Waals surface area contributed by atoms with Crippen molar-refractivity contribution < 1.29 is 0 Å². The zero-order valence-electron chi connectivity index (χ0n) is 18.8. The zero-order valence-corrected chi connectivity index (χ0v) is 21.2. The van der Waals surface area contributed by atoms with Gasteiger partial charge in [-0.1, -0.05) is 78.0 Å². The third-order valence-corrected chi connectivity index (χ3v) is 6.37. The average molecular weight is 516 g/mol. The van der Waals surface area contributed by atoms with Crippen molar-refractivity contribution in [3.8, 4) is 0 Å². The van der Waals surface area contributed by atoms with E-state index in [0.717, 1.165) is 40.5 Å². The lowest BCUT2D eigenvalue weighted by atomic mass is 9.86. The number of aromatic nitrogens is 2. The number of halogens is 2. The molecule has 2 atom stereocenters. The molecule has 1 aromatic heterocycles. The summed E-state index contributed by atoms with van der Waals surface area (Å²) in [6.45, 7) is 5.37. The minimum absolute atomic E-state index is 0.160. The predicted octanol–water partition coefficient (Wildman–Crippen LogP) is 7.71. The number of anilines is 2. The van der Waals surface area contributed by atoms with Crippen LogP contribution in [-0.4, -0.2) is 22.6 Å². The second-order valence-corrected chi connectivity index (χ2v) is 9.55. The van der Waals surface area contributed by atoms with Crippen molar-refractivity contribution in [1.82, 2.24) is 9.97 Å². The minimum Gasteiger partial charge on any atom is -0.370 e. The van der Waals surface area contributed by atoms with E-state index >= 15 is 0 Å². The predicted molar refractivity (Wildman–Crippen MR) is 140 cm³/mol. The number of unbranched alkanes of at least 4 members (excludes halogenated alkanes) is 3. The molecule has 3 aromatic rings. The largest absolute Gasteiger partial charge is 0.370 e. The van der Waals surface area contributed by atoms with E-state index in [-0.39, 0.29) is 12.0 Å². The lowest BCUT2D eigenvalue weighted by molar-refractivity contribution is 0.593. The van der Waals surface area contributed by atoms with Crippen LogP contribution in [0.2, 0.25) is 5.02 Å². The van der Waals surface area contributed by atoms with Crippen molar-refractivity contribution >= 4 is 39.2 Å². The smallest absolute Gasteiger partial charge is 0.131 e. The molecule has 0 unspecified atom stereocenters. The third kappa shape index (κ3) is 7.79. The Morgan fingerprint density at radius 3 is 2.50 bits per heavy atom. The first-order valence-electron chi connectivity index (χ1n) is 11.4. The molecule has 4 nitrogen and oxygen atoms in total. The van der Waals surface area contributed by atoms with Gasteiger partial charge in [-0.25, -0.2) is 9.97 Å². The van der Waals surface area contributed by atoms with Crippen molar-refractivity contribution in [3.05, 3.63) is 81.5 Å². The van der Waals surface area contributed by atoms with Gasteiger partial charge in [0.25, 0.3) is 0 Å². The number of rotatable bonds is 12. The van der Waals surface area contributed by atoms with E-state index < -0.39 is 0 Å². The highest BCUT2D eigenvalue weighted by atomic mass is 79.9. The van der Waals surface area contributed by atoms with Crippen LogP contribution in [0.4, 0.5) is 11.6 Å². The van der Waals surface area contributed by atoms with Crippen molar-refractivity contribution in [2.75, 3.05) is 17.2 Å². The SMILES string of the molecule is CCCCCCNc1cc(N[C@@H](C)[C@@H](Cc2ccc(Cl)cc2)c2cccc(Br)c2)ncn1. The molecule has 0 saturated carbocycles. The minimum atomic E-state index is 0.160. The standard InChI is InChI=1S/C26H32BrClN4/c1-3-4-5-6-14-29-25-17-26(31-18-30-25)32-19(2)24(21-8-7-9-22(27)16-21)15-20-10-12-23(28)13-11-20/h7-13,16-19,24H,3-6,14-15H2,1-2H3,(H2,29,30,31,32)/t19-,24+/m0/s1. The van der Waals surface area contributed by atoms with Gasteiger partial charge >= 0.3 is 0 Å². The fourth-order valence-corrected chi connectivity index (χ4v) is 4.37. The second kappa shape index (κ2) is 12.8. The summed E-state index contributed by atoms with van der Waals surface area (Å²) in [6, 6.07) is 18.8. The normalized spacial score (nSPS) is 12.9. The first-order valence-corrected chi connectivity index (χ1v) is 12.5. The highest BCUT2D eigenvalue weighted by molar-refractivity contribution is 9.10. The van der Waals surface area contributed by atoms with Crippen LogP contribution >= 0.6 is 27.5 Å². The summed E-state index contributed by atoms with van der Waals surface area (Å²) < 4.78 is 1.08. The van der Waals surface area contributed by atoms with Crippen LogP contribution in [0.25, 0.3) is 0 Å². The summed E-state index contributed by atoms with van der Waals surface area (Å²) in [7, 11) is 0. The molecular weight excluding hydrogens is 484 g/mol. The molecule has 32 heavy (non-hydrogen) atoms. The second-order valence-electron chi connectivity index (χ2n) is 8.20. The number of benzene rings is 2. The van der Waals surface area contributed by atoms with E-state index in [9.17, 15) is 0 Å². The Labute approximate surface area is 205 Å². The monoisotopic (exact) mass is 514 g/mol. The van der Waals surface area contributed by atoms with Crippen molar-refractivity contribution in [2.24, 2.45) is 0 Å². The highest BCUT2D eigenvalue weighted by Crippen LogP contribution is 2.29. The van der Waals surface area contributed by atoms with E-state index in [1.165, 1.54) is 30.4 Å². The van der Waals surface area contributed by atoms with Crippen molar-refractivity contribution in [1.29, 1.82) is 0 Å². The Balaban J connectivity index is 1.71. The van der Waals surface area contributed by atoms with Crippen molar-refractivity contribution in [3.63, 3.8) is 0 Å². The molecule has 0 spiro atoms. The van der Waals surface area contributed by atoms with Crippen LogP contribution in [0.5, 0.6) is 0 Å². The Bertz CT molecular complexity index is 964. The molecule has 0 aliphatic heterocycles. The van der Waals surface area contributed by atoms with E-state index in [2.05, 4.69) is 86.8 Å². The molecule has 0 bridgehead atoms. The molecule has 0 aliphatic rings. The maximum Gasteiger partial charge on any atom is 0.131 e. The molecule has 1 heterocycles. The van der Waals surface area contributed by atoms with Crippen molar-refractivity contribution in [2.45, 2.75) is 57.9 Å². The van der Waals surface area contributed by atoms with Gasteiger partial charge in [0, 0.05) is 34.1 Å². The lowest BCUT2D eigenvalue weighted by Gasteiger charge is -2.26. The van der Waals surface area contributed by atoms with Crippen LogP contribution in [-0.2, 0) is 6.42 Å². The molecule has 6 heteroatoms. The van der Waals surface area contributed by atoms with Gasteiger partial charge < -0.3 is 10.6 Å². The quantitative estimate of drug-likeness (QED) is 0.242. The van der Waals surface area contributed by atoms with Gasteiger partial charge in [-0.3, -0.25) is 0 Å². The van der Waals surface area contributed by atoms with E-state index in [1.54, 1.807) is 6.33 Å². The molecular formula is C26H32BrClN4. The Morgan fingerprint density at radius 2 is 1.75 bits per heavy atom. The summed E-state index contributed by atoms with van der Waals surface area (Å²) in [5.41, 5.74) is 2.53. The maximum absolute atomic E-state index is 6.09. The number of hydrogen-bond acceptors (Lipinski definition) is 4. The van der Waals surface area contributed by atoms with Crippen LogP contribution in [0, 0.1) is 0 Å². The molecule has 3 rings (SSSR count). The van der Waals surface area contributed by atoms with E-state index in [4.69, 9.17) is 11.6 Å². The fourth-order valence-electron chi connectivity index (χ4n) is 3.83. The van der Waals surface area contributed by atoms with Gasteiger partial charge in [0.15, 0.2) is 0 Å². The molecule has 2 N–H and O–H groups in total. The van der Waals surface area contributed by atoms with Crippen LogP contribution in [0.1, 0.15) is 56.6 Å². The summed E-state index contributed by atoms with van der Waals surface area (Å²) >= 11 is 9.72. The summed E-state index contributed by atoms with van der Waals surface area (Å²) in [5, 5.41) is 7.79. The van der Waals surface area contributed by atoms with Gasteiger partial charge in [-0.05, 0) is 55.2 Å². The molecule has 2 aromatic carbocycles. The first kappa shape index (κ1) is 24.5. The summed E-state index contributed by atoms with van der Waals surface area (Å²) in [5.74, 6) is 1.96. The fraction of sp³-hybridized carbons (Fsp3) is 0.385. The topological polar surface area (TPSA) is 49.8 Å². The molecule has 170 valence electrons. The Hall–Kier alpha value is -2.11. The van der Waals surface area contributed by atoms with Gasteiger partial charge in [-0.15, -0.1) is 0 Å². The zero-order chi connectivity index (χ0) is 22.8. The molecule has 0 aliphatic carbocycles. The average Bonchev–Trinajstić information content (AvgIpc) is 2.79. The summed E-state index contributed by atoms with van der Waals surface area (Å²) in [4.78, 5) is 8.83. The van der Waals surface area contributed by atoms with Crippen LogP contribution < -0.4 is 10.6 Å². The first-order chi connectivity index (χ1) is 15.5. The molecule has 0 saturated heterocycles. The molecule has 0 fully saturated rings. The maximum atomic E-state index is 6.09. The lowest BCUT2D eigenvalue weighted by Crippen LogP contribution is -2.26. The van der Waals surface area contributed by atoms with Crippen LogP contribution in [0.3, 0.4) is 0 Å². The van der Waals surface area contributed by atoms with Crippen LogP contribution in [0.15, 0.2) is 65.4 Å². The van der Waals surface area contributed by atoms with Gasteiger partial charge in [0.2, 0.25) is 0 Å². The Morgan fingerprint density at radius 1 is 0.969 bits per heavy atom. The molecule has 0 radical (unpaired) electrons. The van der Waals surface area contributed by atoms with Gasteiger partial charge in [0.05, 0.1) is 0 Å². The third-order valence-electron chi connectivity index (χ3n) is 5.63. The van der Waals surface area contributed by atoms with E-state index in [1.807, 2.05) is 18.2 Å². The number of nitrogens with one attached hydrogen (secondary N) is 2. The summed E-state index contributed by atoms with van der Waals surface area (Å²) in [6.07, 6.45) is 7.44. The number of hydrogen-bond donors (Lipinski definition) is 2. The highest BCUT2D eigenvalue weighted by Gasteiger charge is 2.21. The van der Waals surface area contributed by atoms with E-state index in [0.29, 0.717) is 0 Å². The Kier molecular flexibility index (Phi) is 9.82. The van der Waals surface area contributed by atoms with Gasteiger partial charge in [0.1, 0.15) is 18.0 Å².